The minimum absolute atomic E-state index is 0.152. The Morgan fingerprint density at radius 1 is 1.50 bits per heavy atom. The molecule has 1 saturated heterocycles. The van der Waals surface area contributed by atoms with Crippen molar-refractivity contribution in [2.24, 2.45) is 11.7 Å². The predicted octanol–water partition coefficient (Wildman–Crippen LogP) is 2.15. The van der Waals surface area contributed by atoms with E-state index >= 15 is 0 Å². The van der Waals surface area contributed by atoms with Gasteiger partial charge >= 0.3 is 0 Å². The molecule has 3 heteroatoms. The number of hydrogen-bond acceptors (Lipinski definition) is 2. The molecule has 1 heterocycles. The number of likely N-dealkylation sites (tertiary alicyclic amines) is 1. The van der Waals surface area contributed by atoms with Crippen LogP contribution in [0.5, 0.6) is 0 Å². The highest BCUT2D eigenvalue weighted by molar-refractivity contribution is 5.79. The van der Waals surface area contributed by atoms with Crippen LogP contribution in [0.2, 0.25) is 0 Å². The summed E-state index contributed by atoms with van der Waals surface area (Å²) < 4.78 is 0. The molecule has 1 amide bonds. The van der Waals surface area contributed by atoms with Crippen LogP contribution in [0.25, 0.3) is 0 Å². The normalized spacial score (nSPS) is 27.9. The molecule has 94 valence electrons. The SMILES string of the molecule is CCCC(C)C(=O)N1C(C)CCCC1CN. The van der Waals surface area contributed by atoms with Gasteiger partial charge in [0.2, 0.25) is 5.91 Å². The van der Waals surface area contributed by atoms with Crippen molar-refractivity contribution in [1.29, 1.82) is 0 Å². The predicted molar refractivity (Wildman–Crippen MR) is 67.1 cm³/mol. The first-order valence-electron chi connectivity index (χ1n) is 6.64. The van der Waals surface area contributed by atoms with Crippen LogP contribution in [-0.2, 0) is 4.79 Å². The number of amides is 1. The molecule has 0 spiro atoms. The maximum absolute atomic E-state index is 12.3. The summed E-state index contributed by atoms with van der Waals surface area (Å²) in [6.07, 6.45) is 5.46. The third kappa shape index (κ3) is 2.97. The number of carbonyl (C=O) groups excluding carboxylic acids is 1. The first-order valence-corrected chi connectivity index (χ1v) is 6.64. The van der Waals surface area contributed by atoms with Crippen molar-refractivity contribution in [1.82, 2.24) is 4.90 Å². The fourth-order valence-electron chi connectivity index (χ4n) is 2.73. The lowest BCUT2D eigenvalue weighted by Crippen LogP contribution is -2.53. The minimum atomic E-state index is 0.152. The Morgan fingerprint density at radius 3 is 2.75 bits per heavy atom. The van der Waals surface area contributed by atoms with Crippen molar-refractivity contribution in [2.45, 2.75) is 65.0 Å². The molecule has 2 N–H and O–H groups in total. The van der Waals surface area contributed by atoms with E-state index in [2.05, 4.69) is 18.7 Å². The number of piperidine rings is 1. The van der Waals surface area contributed by atoms with Gasteiger partial charge in [-0.25, -0.2) is 0 Å². The van der Waals surface area contributed by atoms with E-state index in [-0.39, 0.29) is 12.0 Å². The van der Waals surface area contributed by atoms with E-state index in [1.54, 1.807) is 0 Å². The molecular weight excluding hydrogens is 200 g/mol. The van der Waals surface area contributed by atoms with Gasteiger partial charge in [0.25, 0.3) is 0 Å². The first-order chi connectivity index (χ1) is 7.61. The number of rotatable bonds is 4. The third-order valence-electron chi connectivity index (χ3n) is 3.70. The Bertz CT molecular complexity index is 230. The van der Waals surface area contributed by atoms with Gasteiger partial charge in [0.15, 0.2) is 0 Å². The van der Waals surface area contributed by atoms with E-state index in [0.717, 1.165) is 25.7 Å². The summed E-state index contributed by atoms with van der Waals surface area (Å²) >= 11 is 0. The lowest BCUT2D eigenvalue weighted by atomic mass is 9.93. The fourth-order valence-corrected chi connectivity index (χ4v) is 2.73. The molecule has 0 aromatic heterocycles. The Balaban J connectivity index is 2.69. The van der Waals surface area contributed by atoms with Gasteiger partial charge < -0.3 is 10.6 Å². The smallest absolute Gasteiger partial charge is 0.225 e. The van der Waals surface area contributed by atoms with Gasteiger partial charge in [0.05, 0.1) is 0 Å². The maximum Gasteiger partial charge on any atom is 0.225 e. The molecule has 1 fully saturated rings. The topological polar surface area (TPSA) is 46.3 Å². The lowest BCUT2D eigenvalue weighted by Gasteiger charge is -2.41. The van der Waals surface area contributed by atoms with Gasteiger partial charge in [-0.2, -0.15) is 0 Å². The van der Waals surface area contributed by atoms with E-state index in [9.17, 15) is 4.79 Å². The molecule has 1 aliphatic rings. The van der Waals surface area contributed by atoms with Gasteiger partial charge in [-0.05, 0) is 32.6 Å². The molecular formula is C13H26N2O. The number of hydrogen-bond donors (Lipinski definition) is 1. The quantitative estimate of drug-likeness (QED) is 0.798. The average Bonchev–Trinajstić information content (AvgIpc) is 2.28. The highest BCUT2D eigenvalue weighted by Crippen LogP contribution is 2.25. The summed E-state index contributed by atoms with van der Waals surface area (Å²) in [5.41, 5.74) is 5.77. The summed E-state index contributed by atoms with van der Waals surface area (Å²) in [7, 11) is 0. The zero-order valence-electron chi connectivity index (χ0n) is 10.9. The monoisotopic (exact) mass is 226 g/mol. The average molecular weight is 226 g/mol. The molecule has 0 radical (unpaired) electrons. The zero-order chi connectivity index (χ0) is 12.1. The van der Waals surface area contributed by atoms with Crippen molar-refractivity contribution in [3.05, 3.63) is 0 Å². The van der Waals surface area contributed by atoms with Crippen LogP contribution < -0.4 is 5.73 Å². The van der Waals surface area contributed by atoms with Crippen LogP contribution in [0.4, 0.5) is 0 Å². The van der Waals surface area contributed by atoms with Crippen LogP contribution in [0.3, 0.4) is 0 Å². The van der Waals surface area contributed by atoms with Crippen molar-refractivity contribution >= 4 is 5.91 Å². The van der Waals surface area contributed by atoms with Crippen LogP contribution in [0, 0.1) is 5.92 Å². The Morgan fingerprint density at radius 2 is 2.19 bits per heavy atom. The summed E-state index contributed by atoms with van der Waals surface area (Å²) in [5.74, 6) is 0.462. The van der Waals surface area contributed by atoms with E-state index in [0.29, 0.717) is 18.5 Å². The van der Waals surface area contributed by atoms with Crippen LogP contribution >= 0.6 is 0 Å². The Hall–Kier alpha value is -0.570. The molecule has 1 rings (SSSR count). The number of nitrogens with zero attached hydrogens (tertiary/aromatic N) is 1. The van der Waals surface area contributed by atoms with Crippen molar-refractivity contribution < 1.29 is 4.79 Å². The van der Waals surface area contributed by atoms with Gasteiger partial charge in [-0.1, -0.05) is 20.3 Å². The highest BCUT2D eigenvalue weighted by Gasteiger charge is 2.32. The second-order valence-electron chi connectivity index (χ2n) is 5.10. The van der Waals surface area contributed by atoms with Crippen LogP contribution in [-0.4, -0.2) is 29.4 Å². The first kappa shape index (κ1) is 13.5. The molecule has 0 saturated carbocycles. The Kier molecular flexibility index (Phi) is 5.26. The van der Waals surface area contributed by atoms with E-state index in [1.165, 1.54) is 6.42 Å². The molecule has 0 aromatic carbocycles. The largest absolute Gasteiger partial charge is 0.336 e. The van der Waals surface area contributed by atoms with Crippen LogP contribution in [0.15, 0.2) is 0 Å². The van der Waals surface area contributed by atoms with E-state index in [1.807, 2.05) is 6.92 Å². The van der Waals surface area contributed by atoms with E-state index < -0.39 is 0 Å². The number of nitrogens with two attached hydrogens (primary N) is 1. The van der Waals surface area contributed by atoms with Gasteiger partial charge in [-0.3, -0.25) is 4.79 Å². The van der Waals surface area contributed by atoms with Crippen LogP contribution in [0.1, 0.15) is 52.9 Å². The lowest BCUT2D eigenvalue weighted by molar-refractivity contribution is -0.141. The summed E-state index contributed by atoms with van der Waals surface area (Å²) in [6, 6.07) is 0.643. The molecule has 0 bridgehead atoms. The van der Waals surface area contributed by atoms with Gasteiger partial charge in [0.1, 0.15) is 0 Å². The van der Waals surface area contributed by atoms with E-state index in [4.69, 9.17) is 5.73 Å². The second kappa shape index (κ2) is 6.24. The number of carbonyl (C=O) groups is 1. The summed E-state index contributed by atoms with van der Waals surface area (Å²) in [4.78, 5) is 14.4. The molecule has 1 aliphatic heterocycles. The highest BCUT2D eigenvalue weighted by atomic mass is 16.2. The molecule has 3 atom stereocenters. The maximum atomic E-state index is 12.3. The standard InChI is InChI=1S/C13H26N2O/c1-4-6-10(2)13(16)15-11(3)7-5-8-12(15)9-14/h10-12H,4-9,14H2,1-3H3. The van der Waals surface area contributed by atoms with Crippen molar-refractivity contribution in [2.75, 3.05) is 6.54 Å². The molecule has 0 aliphatic carbocycles. The molecule has 3 unspecified atom stereocenters. The van der Waals surface area contributed by atoms with Gasteiger partial charge in [0, 0.05) is 24.5 Å². The second-order valence-corrected chi connectivity index (χ2v) is 5.10. The molecule has 0 aromatic rings. The minimum Gasteiger partial charge on any atom is -0.336 e. The van der Waals surface area contributed by atoms with Gasteiger partial charge in [-0.15, -0.1) is 0 Å². The summed E-state index contributed by atoms with van der Waals surface area (Å²) in [6.45, 7) is 6.93. The molecule has 16 heavy (non-hydrogen) atoms. The van der Waals surface area contributed by atoms with Crippen molar-refractivity contribution in [3.8, 4) is 0 Å². The Labute approximate surface area is 99.4 Å². The van der Waals surface area contributed by atoms with Crippen molar-refractivity contribution in [3.63, 3.8) is 0 Å². The molecule has 3 nitrogen and oxygen atoms in total. The third-order valence-corrected chi connectivity index (χ3v) is 3.70. The zero-order valence-corrected chi connectivity index (χ0v) is 10.9. The summed E-state index contributed by atoms with van der Waals surface area (Å²) in [5, 5.41) is 0. The fraction of sp³-hybridized carbons (Fsp3) is 0.923.